The van der Waals surface area contributed by atoms with Crippen molar-refractivity contribution in [3.8, 4) is 0 Å². The highest BCUT2D eigenvalue weighted by Gasteiger charge is 2.25. The van der Waals surface area contributed by atoms with E-state index in [-0.39, 0.29) is 5.91 Å². The zero-order valence-electron chi connectivity index (χ0n) is 13.4. The first kappa shape index (κ1) is 15.1. The average Bonchev–Trinajstić information content (AvgIpc) is 3.30. The number of fused-ring (bicyclic) bond motifs is 1. The molecule has 3 aromatic rings. The molecule has 1 fully saturated rings. The normalized spacial score (nSPS) is 15.2. The monoisotopic (exact) mass is 342 g/mol. The summed E-state index contributed by atoms with van der Waals surface area (Å²) in [6.07, 6.45) is 4.10. The number of carbonyl (C=O) groups is 1. The molecule has 0 N–H and O–H groups in total. The summed E-state index contributed by atoms with van der Waals surface area (Å²) in [6, 6.07) is 6.04. The topological polar surface area (TPSA) is 62.5 Å². The predicted molar refractivity (Wildman–Crippen MR) is 93.6 cm³/mol. The second-order valence-electron chi connectivity index (χ2n) is 5.84. The van der Waals surface area contributed by atoms with E-state index in [1.165, 1.54) is 17.1 Å². The number of rotatable bonds is 3. The van der Waals surface area contributed by atoms with Gasteiger partial charge >= 0.3 is 0 Å². The Morgan fingerprint density at radius 3 is 2.83 bits per heavy atom. The lowest BCUT2D eigenvalue weighted by Crippen LogP contribution is -2.48. The van der Waals surface area contributed by atoms with Crippen LogP contribution in [0.5, 0.6) is 0 Å². The molecule has 4 rings (SSSR count). The summed E-state index contributed by atoms with van der Waals surface area (Å²) in [4.78, 5) is 21.2. The van der Waals surface area contributed by atoms with Crippen LogP contribution in [0.15, 0.2) is 35.2 Å². The maximum atomic E-state index is 12.9. The number of anilines is 1. The highest BCUT2D eigenvalue weighted by molar-refractivity contribution is 7.09. The Labute approximate surface area is 143 Å². The molecule has 0 saturated carbocycles. The fraction of sp³-hybridized carbons (Fsp3) is 0.353. The number of furan rings is 1. The van der Waals surface area contributed by atoms with Gasteiger partial charge in [0.2, 0.25) is 5.13 Å². The first-order chi connectivity index (χ1) is 11.8. The second kappa shape index (κ2) is 6.24. The third kappa shape index (κ3) is 2.65. The van der Waals surface area contributed by atoms with E-state index in [0.29, 0.717) is 18.7 Å². The number of carbonyl (C=O) groups excluding carboxylic acids is 1. The Balaban J connectivity index is 1.52. The minimum atomic E-state index is 0.0407. The molecular weight excluding hydrogens is 324 g/mol. The maximum Gasteiger partial charge on any atom is 0.257 e. The fourth-order valence-corrected chi connectivity index (χ4v) is 3.62. The van der Waals surface area contributed by atoms with Gasteiger partial charge in [-0.15, -0.1) is 0 Å². The van der Waals surface area contributed by atoms with Gasteiger partial charge in [-0.05, 0) is 24.1 Å². The van der Waals surface area contributed by atoms with E-state index in [0.717, 1.165) is 35.6 Å². The number of hydrogen-bond donors (Lipinski definition) is 0. The Morgan fingerprint density at radius 2 is 2.12 bits per heavy atom. The van der Waals surface area contributed by atoms with E-state index in [1.807, 2.05) is 17.0 Å². The molecular formula is C17H18N4O2S. The Morgan fingerprint density at radius 1 is 1.29 bits per heavy atom. The van der Waals surface area contributed by atoms with Crippen LogP contribution in [0.25, 0.3) is 11.0 Å². The SMILES string of the molecule is CCc1ccc2occ(C(=O)N3CCN(c4ncns4)CC3)c2c1. The van der Waals surface area contributed by atoms with Crippen LogP contribution in [-0.2, 0) is 6.42 Å². The van der Waals surface area contributed by atoms with Crippen LogP contribution in [0.1, 0.15) is 22.8 Å². The maximum absolute atomic E-state index is 12.9. The van der Waals surface area contributed by atoms with Crippen LogP contribution in [0.4, 0.5) is 5.13 Å². The molecule has 0 spiro atoms. The molecule has 124 valence electrons. The number of amides is 1. The predicted octanol–water partition coefficient (Wildman–Crippen LogP) is 2.81. The van der Waals surface area contributed by atoms with Crippen molar-refractivity contribution < 1.29 is 9.21 Å². The summed E-state index contributed by atoms with van der Waals surface area (Å²) in [6.45, 7) is 5.01. The van der Waals surface area contributed by atoms with Crippen LogP contribution in [0, 0.1) is 0 Å². The van der Waals surface area contributed by atoms with Gasteiger partial charge in [0.1, 0.15) is 18.2 Å². The van der Waals surface area contributed by atoms with Gasteiger partial charge in [0, 0.05) is 43.1 Å². The third-order valence-electron chi connectivity index (χ3n) is 4.46. The lowest BCUT2D eigenvalue weighted by atomic mass is 10.1. The minimum Gasteiger partial charge on any atom is -0.463 e. The number of hydrogen-bond acceptors (Lipinski definition) is 6. The van der Waals surface area contributed by atoms with E-state index in [2.05, 4.69) is 27.2 Å². The number of benzene rings is 1. The van der Waals surface area contributed by atoms with Gasteiger partial charge in [0.25, 0.3) is 5.91 Å². The van der Waals surface area contributed by atoms with E-state index in [9.17, 15) is 4.79 Å². The van der Waals surface area contributed by atoms with Crippen molar-refractivity contribution in [2.45, 2.75) is 13.3 Å². The van der Waals surface area contributed by atoms with Gasteiger partial charge in [-0.1, -0.05) is 13.0 Å². The van der Waals surface area contributed by atoms with Gasteiger partial charge in [-0.3, -0.25) is 4.79 Å². The Bertz CT molecular complexity index is 851. The zero-order chi connectivity index (χ0) is 16.5. The van der Waals surface area contributed by atoms with Gasteiger partial charge in [0.05, 0.1) is 5.56 Å². The van der Waals surface area contributed by atoms with E-state index in [4.69, 9.17) is 4.42 Å². The largest absolute Gasteiger partial charge is 0.463 e. The van der Waals surface area contributed by atoms with Crippen molar-refractivity contribution in [1.29, 1.82) is 0 Å². The minimum absolute atomic E-state index is 0.0407. The molecule has 1 amide bonds. The Kier molecular flexibility index (Phi) is 3.93. The summed E-state index contributed by atoms with van der Waals surface area (Å²) >= 11 is 1.39. The first-order valence-corrected chi connectivity index (χ1v) is 8.84. The summed E-state index contributed by atoms with van der Waals surface area (Å²) < 4.78 is 9.60. The van der Waals surface area contributed by atoms with Crippen LogP contribution in [0.2, 0.25) is 0 Å². The van der Waals surface area contributed by atoms with Gasteiger partial charge in [-0.2, -0.15) is 4.37 Å². The molecule has 7 heteroatoms. The quantitative estimate of drug-likeness (QED) is 0.732. The standard InChI is InChI=1S/C17H18N4O2S/c1-2-12-3-4-15-13(9-12)14(10-23-15)16(22)20-5-7-21(8-6-20)17-18-11-19-24-17/h3-4,9-11H,2,5-8H2,1H3. The van der Waals surface area contributed by atoms with Crippen molar-refractivity contribution >= 4 is 33.5 Å². The van der Waals surface area contributed by atoms with Crippen molar-refractivity contribution in [2.75, 3.05) is 31.1 Å². The van der Waals surface area contributed by atoms with Crippen LogP contribution in [-0.4, -0.2) is 46.3 Å². The van der Waals surface area contributed by atoms with Gasteiger partial charge in [0.15, 0.2) is 0 Å². The van der Waals surface area contributed by atoms with E-state index in [1.54, 1.807) is 12.6 Å². The van der Waals surface area contributed by atoms with Crippen LogP contribution >= 0.6 is 11.5 Å². The second-order valence-corrected chi connectivity index (χ2v) is 6.60. The molecule has 3 heterocycles. The number of aryl methyl sites for hydroxylation is 1. The van der Waals surface area contributed by atoms with E-state index < -0.39 is 0 Å². The highest BCUT2D eigenvalue weighted by atomic mass is 32.1. The van der Waals surface area contributed by atoms with Gasteiger partial charge < -0.3 is 14.2 Å². The molecule has 6 nitrogen and oxygen atoms in total. The van der Waals surface area contributed by atoms with Crippen molar-refractivity contribution in [3.63, 3.8) is 0 Å². The molecule has 24 heavy (non-hydrogen) atoms. The number of aromatic nitrogens is 2. The molecule has 1 aliphatic heterocycles. The molecule has 1 aromatic carbocycles. The number of piperazine rings is 1. The average molecular weight is 342 g/mol. The molecule has 0 aliphatic carbocycles. The van der Waals surface area contributed by atoms with Crippen molar-refractivity contribution in [1.82, 2.24) is 14.3 Å². The first-order valence-electron chi connectivity index (χ1n) is 8.07. The molecule has 0 atom stereocenters. The van der Waals surface area contributed by atoms with E-state index >= 15 is 0 Å². The highest BCUT2D eigenvalue weighted by Crippen LogP contribution is 2.25. The molecule has 0 radical (unpaired) electrons. The van der Waals surface area contributed by atoms with Crippen molar-refractivity contribution in [2.24, 2.45) is 0 Å². The van der Waals surface area contributed by atoms with Gasteiger partial charge in [-0.25, -0.2) is 4.98 Å². The molecule has 1 saturated heterocycles. The summed E-state index contributed by atoms with van der Waals surface area (Å²) in [7, 11) is 0. The molecule has 0 unspecified atom stereocenters. The van der Waals surface area contributed by atoms with Crippen molar-refractivity contribution in [3.05, 3.63) is 41.9 Å². The lowest BCUT2D eigenvalue weighted by molar-refractivity contribution is 0.0747. The third-order valence-corrected chi connectivity index (χ3v) is 5.19. The summed E-state index contributed by atoms with van der Waals surface area (Å²) in [5, 5.41) is 1.83. The smallest absolute Gasteiger partial charge is 0.257 e. The summed E-state index contributed by atoms with van der Waals surface area (Å²) in [5.41, 5.74) is 2.63. The lowest BCUT2D eigenvalue weighted by Gasteiger charge is -2.34. The van der Waals surface area contributed by atoms with Crippen LogP contribution in [0.3, 0.4) is 0 Å². The zero-order valence-corrected chi connectivity index (χ0v) is 14.3. The fourth-order valence-electron chi connectivity index (χ4n) is 3.04. The molecule has 0 bridgehead atoms. The Hall–Kier alpha value is -2.41. The molecule has 1 aliphatic rings. The number of nitrogens with zero attached hydrogens (tertiary/aromatic N) is 4. The van der Waals surface area contributed by atoms with Crippen LogP contribution < -0.4 is 4.90 Å². The molecule has 2 aromatic heterocycles. The summed E-state index contributed by atoms with van der Waals surface area (Å²) in [5.74, 6) is 0.0407.